The van der Waals surface area contributed by atoms with Crippen LogP contribution in [-0.2, 0) is 19.4 Å². The fourth-order valence-corrected chi connectivity index (χ4v) is 2.06. The standard InChI is InChI=1S/C10H12O5S/c1-8(11)15-7-16(12,13)10-5-3-4-9(6-10)14-2/h3-6H,7H2,1-2H3. The van der Waals surface area contributed by atoms with Crippen molar-refractivity contribution >= 4 is 15.8 Å². The first-order chi connectivity index (χ1) is 7.45. The number of hydrogen-bond donors (Lipinski definition) is 0. The molecule has 5 nitrogen and oxygen atoms in total. The summed E-state index contributed by atoms with van der Waals surface area (Å²) in [5.41, 5.74) is 0. The third-order valence-electron chi connectivity index (χ3n) is 1.82. The first kappa shape index (κ1) is 12.5. The van der Waals surface area contributed by atoms with Crippen molar-refractivity contribution in [2.75, 3.05) is 13.0 Å². The summed E-state index contributed by atoms with van der Waals surface area (Å²) in [6.45, 7) is 1.15. The Morgan fingerprint density at radius 3 is 2.62 bits per heavy atom. The molecule has 0 aromatic heterocycles. The van der Waals surface area contributed by atoms with Gasteiger partial charge in [-0.2, -0.15) is 0 Å². The van der Waals surface area contributed by atoms with Crippen molar-refractivity contribution in [3.63, 3.8) is 0 Å². The van der Waals surface area contributed by atoms with E-state index in [0.29, 0.717) is 5.75 Å². The second-order valence-corrected chi connectivity index (χ2v) is 4.98. The Balaban J connectivity index is 2.93. The molecule has 0 atom stereocenters. The Hall–Kier alpha value is -1.56. The third-order valence-corrected chi connectivity index (χ3v) is 3.22. The number of rotatable bonds is 4. The van der Waals surface area contributed by atoms with Crippen molar-refractivity contribution in [3.8, 4) is 5.75 Å². The van der Waals surface area contributed by atoms with Crippen LogP contribution in [0.15, 0.2) is 29.2 Å². The molecule has 1 aromatic rings. The van der Waals surface area contributed by atoms with Crippen LogP contribution >= 0.6 is 0 Å². The molecule has 0 radical (unpaired) electrons. The predicted octanol–water partition coefficient (Wildman–Crippen LogP) is 0.989. The van der Waals surface area contributed by atoms with Gasteiger partial charge in [-0.3, -0.25) is 4.79 Å². The molecule has 16 heavy (non-hydrogen) atoms. The highest BCUT2D eigenvalue weighted by Gasteiger charge is 2.16. The van der Waals surface area contributed by atoms with E-state index in [1.807, 2.05) is 0 Å². The van der Waals surface area contributed by atoms with E-state index >= 15 is 0 Å². The second-order valence-electron chi connectivity index (χ2n) is 3.05. The number of carbonyl (C=O) groups is 1. The number of ether oxygens (including phenoxy) is 2. The van der Waals surface area contributed by atoms with Crippen LogP contribution in [0.4, 0.5) is 0 Å². The lowest BCUT2D eigenvalue weighted by molar-refractivity contribution is -0.138. The maximum absolute atomic E-state index is 11.7. The Morgan fingerprint density at radius 1 is 1.38 bits per heavy atom. The first-order valence-corrected chi connectivity index (χ1v) is 6.11. The van der Waals surface area contributed by atoms with E-state index in [9.17, 15) is 13.2 Å². The number of methoxy groups -OCH3 is 1. The van der Waals surface area contributed by atoms with Gasteiger partial charge in [0.1, 0.15) is 5.75 Å². The quantitative estimate of drug-likeness (QED) is 0.739. The van der Waals surface area contributed by atoms with E-state index in [4.69, 9.17) is 4.74 Å². The van der Waals surface area contributed by atoms with Crippen LogP contribution in [-0.4, -0.2) is 27.4 Å². The molecule has 0 bridgehead atoms. The van der Waals surface area contributed by atoms with Gasteiger partial charge in [-0.05, 0) is 18.2 Å². The summed E-state index contributed by atoms with van der Waals surface area (Å²) in [4.78, 5) is 10.6. The summed E-state index contributed by atoms with van der Waals surface area (Å²) in [7, 11) is -2.17. The predicted molar refractivity (Wildman–Crippen MR) is 56.8 cm³/mol. The largest absolute Gasteiger partial charge is 0.497 e. The summed E-state index contributed by atoms with van der Waals surface area (Å²) in [6, 6.07) is 5.98. The molecule has 1 rings (SSSR count). The average molecular weight is 244 g/mol. The molecule has 0 N–H and O–H groups in total. The molecule has 0 aliphatic rings. The molecule has 0 heterocycles. The van der Waals surface area contributed by atoms with Crippen LogP contribution in [0.5, 0.6) is 5.75 Å². The minimum atomic E-state index is -3.61. The number of sulfone groups is 1. The highest BCUT2D eigenvalue weighted by molar-refractivity contribution is 7.91. The monoisotopic (exact) mass is 244 g/mol. The number of benzene rings is 1. The normalized spacial score (nSPS) is 10.9. The maximum Gasteiger partial charge on any atom is 0.303 e. The van der Waals surface area contributed by atoms with Gasteiger partial charge in [-0.1, -0.05) is 6.07 Å². The fourth-order valence-electron chi connectivity index (χ4n) is 1.02. The van der Waals surface area contributed by atoms with Gasteiger partial charge in [-0.25, -0.2) is 8.42 Å². The van der Waals surface area contributed by atoms with Crippen LogP contribution in [0, 0.1) is 0 Å². The minimum Gasteiger partial charge on any atom is -0.497 e. The molecular weight excluding hydrogens is 232 g/mol. The molecule has 0 saturated heterocycles. The number of carbonyl (C=O) groups excluding carboxylic acids is 1. The molecular formula is C10H12O5S. The summed E-state index contributed by atoms with van der Waals surface area (Å²) in [5, 5.41) is 0. The molecule has 6 heteroatoms. The zero-order valence-corrected chi connectivity index (χ0v) is 9.78. The van der Waals surface area contributed by atoms with E-state index in [1.54, 1.807) is 12.1 Å². The molecule has 0 aliphatic carbocycles. The topological polar surface area (TPSA) is 69.7 Å². The van der Waals surface area contributed by atoms with Crippen molar-refractivity contribution in [1.82, 2.24) is 0 Å². The van der Waals surface area contributed by atoms with Gasteiger partial charge in [-0.15, -0.1) is 0 Å². The SMILES string of the molecule is COc1cccc(S(=O)(=O)COC(C)=O)c1. The molecule has 0 aliphatic heterocycles. The van der Waals surface area contributed by atoms with Gasteiger partial charge < -0.3 is 9.47 Å². The van der Waals surface area contributed by atoms with Crippen molar-refractivity contribution in [3.05, 3.63) is 24.3 Å². The van der Waals surface area contributed by atoms with Crippen LogP contribution < -0.4 is 4.74 Å². The van der Waals surface area contributed by atoms with Gasteiger partial charge in [0.05, 0.1) is 12.0 Å². The minimum absolute atomic E-state index is 0.0631. The lowest BCUT2D eigenvalue weighted by Crippen LogP contribution is -2.12. The van der Waals surface area contributed by atoms with E-state index in [0.717, 1.165) is 6.92 Å². The first-order valence-electron chi connectivity index (χ1n) is 4.46. The smallest absolute Gasteiger partial charge is 0.303 e. The van der Waals surface area contributed by atoms with Crippen LogP contribution in [0.1, 0.15) is 6.92 Å². The average Bonchev–Trinajstić information content (AvgIpc) is 2.27. The molecule has 0 unspecified atom stereocenters. The van der Waals surface area contributed by atoms with E-state index in [2.05, 4.69) is 4.74 Å². The summed E-state index contributed by atoms with van der Waals surface area (Å²) in [5.74, 6) is -0.856. The van der Waals surface area contributed by atoms with E-state index in [-0.39, 0.29) is 4.90 Å². The fraction of sp³-hybridized carbons (Fsp3) is 0.300. The van der Waals surface area contributed by atoms with Crippen LogP contribution in [0.2, 0.25) is 0 Å². The van der Waals surface area contributed by atoms with Gasteiger partial charge in [0, 0.05) is 6.92 Å². The number of hydrogen-bond acceptors (Lipinski definition) is 5. The maximum atomic E-state index is 11.7. The Labute approximate surface area is 93.9 Å². The zero-order chi connectivity index (χ0) is 12.2. The van der Waals surface area contributed by atoms with Crippen LogP contribution in [0.25, 0.3) is 0 Å². The zero-order valence-electron chi connectivity index (χ0n) is 8.97. The lowest BCUT2D eigenvalue weighted by atomic mass is 10.3. The molecule has 88 valence electrons. The van der Waals surface area contributed by atoms with Gasteiger partial charge >= 0.3 is 5.97 Å². The van der Waals surface area contributed by atoms with Crippen molar-refractivity contribution < 1.29 is 22.7 Å². The van der Waals surface area contributed by atoms with Crippen molar-refractivity contribution in [1.29, 1.82) is 0 Å². The molecule has 1 aromatic carbocycles. The molecule has 0 saturated carbocycles. The van der Waals surface area contributed by atoms with Gasteiger partial charge in [0.25, 0.3) is 0 Å². The Morgan fingerprint density at radius 2 is 2.06 bits per heavy atom. The molecule has 0 fully saturated rings. The molecule has 0 amide bonds. The highest BCUT2D eigenvalue weighted by atomic mass is 32.2. The summed E-state index contributed by atoms with van der Waals surface area (Å²) >= 11 is 0. The highest BCUT2D eigenvalue weighted by Crippen LogP contribution is 2.18. The Kier molecular flexibility index (Phi) is 3.89. The summed E-state index contributed by atoms with van der Waals surface area (Å²) < 4.78 is 32.7. The van der Waals surface area contributed by atoms with Crippen molar-refractivity contribution in [2.45, 2.75) is 11.8 Å². The van der Waals surface area contributed by atoms with E-state index < -0.39 is 21.7 Å². The van der Waals surface area contributed by atoms with E-state index in [1.165, 1.54) is 19.2 Å². The lowest BCUT2D eigenvalue weighted by Gasteiger charge is -2.06. The second kappa shape index (κ2) is 4.98. The number of esters is 1. The van der Waals surface area contributed by atoms with Gasteiger partial charge in [0.2, 0.25) is 9.84 Å². The van der Waals surface area contributed by atoms with Crippen molar-refractivity contribution in [2.24, 2.45) is 0 Å². The van der Waals surface area contributed by atoms with Crippen LogP contribution in [0.3, 0.4) is 0 Å². The third kappa shape index (κ3) is 3.23. The Bertz CT molecular complexity index is 478. The molecule has 0 spiro atoms. The van der Waals surface area contributed by atoms with Gasteiger partial charge in [0.15, 0.2) is 5.94 Å². The summed E-state index contributed by atoms with van der Waals surface area (Å²) in [6.07, 6.45) is 0.